The molecule has 2 aliphatic rings. The fraction of sp³-hybridized carbons (Fsp3) is 0.789. The number of ether oxygens (including phenoxy) is 1. The fourth-order valence-electron chi connectivity index (χ4n) is 4.05. The van der Waals surface area contributed by atoms with Gasteiger partial charge in [-0.25, -0.2) is 9.67 Å². The van der Waals surface area contributed by atoms with Gasteiger partial charge in [0.05, 0.1) is 6.54 Å². The first-order valence-electron chi connectivity index (χ1n) is 10.3. The lowest BCUT2D eigenvalue weighted by Crippen LogP contribution is -2.48. The molecule has 1 aromatic heterocycles. The zero-order valence-electron chi connectivity index (χ0n) is 17.3. The summed E-state index contributed by atoms with van der Waals surface area (Å²) in [5, 5.41) is 11.4. The molecule has 0 radical (unpaired) electrons. The van der Waals surface area contributed by atoms with Crippen molar-refractivity contribution < 1.29 is 9.53 Å². The Morgan fingerprint density at radius 1 is 1.43 bits per heavy atom. The molecular formula is C19H33N7O2. The summed E-state index contributed by atoms with van der Waals surface area (Å²) in [7, 11) is 3.44. The maximum Gasteiger partial charge on any atom is 0.222 e. The second-order valence-corrected chi connectivity index (χ2v) is 7.48. The van der Waals surface area contributed by atoms with E-state index in [1.54, 1.807) is 14.2 Å². The van der Waals surface area contributed by atoms with Crippen LogP contribution in [0.25, 0.3) is 0 Å². The van der Waals surface area contributed by atoms with E-state index in [-0.39, 0.29) is 6.04 Å². The standard InChI is InChI=1S/C19H33N7O2/c1-4-15(25-11-5-6-18(25)27)9-10-21-19(20-2)22-14-7-8-17-23-16(13-28-3)24-26(17)12-14/h14-15H,4-13H2,1-3H3,(H2,20,21,22). The second kappa shape index (κ2) is 9.86. The number of hydrogen-bond acceptors (Lipinski definition) is 5. The normalized spacial score (nSPS) is 21.0. The molecule has 2 unspecified atom stereocenters. The van der Waals surface area contributed by atoms with Crippen LogP contribution in [0.1, 0.15) is 50.7 Å². The Balaban J connectivity index is 1.46. The third-order valence-electron chi connectivity index (χ3n) is 5.53. The van der Waals surface area contributed by atoms with E-state index >= 15 is 0 Å². The predicted octanol–water partition coefficient (Wildman–Crippen LogP) is 0.695. The monoisotopic (exact) mass is 391 g/mol. The van der Waals surface area contributed by atoms with Crippen LogP contribution in [-0.4, -0.2) is 70.9 Å². The number of hydrogen-bond donors (Lipinski definition) is 2. The highest BCUT2D eigenvalue weighted by atomic mass is 16.5. The van der Waals surface area contributed by atoms with E-state index in [9.17, 15) is 4.79 Å². The summed E-state index contributed by atoms with van der Waals surface area (Å²) in [6.07, 6.45) is 5.49. The van der Waals surface area contributed by atoms with Gasteiger partial charge in [-0.1, -0.05) is 6.92 Å². The van der Waals surface area contributed by atoms with E-state index in [1.165, 1.54) is 0 Å². The van der Waals surface area contributed by atoms with Crippen LogP contribution in [0.5, 0.6) is 0 Å². The molecule has 3 rings (SSSR count). The summed E-state index contributed by atoms with van der Waals surface area (Å²) in [5.41, 5.74) is 0. The smallest absolute Gasteiger partial charge is 0.222 e. The average molecular weight is 392 g/mol. The molecule has 2 N–H and O–H groups in total. The number of carbonyl (C=O) groups excluding carboxylic acids is 1. The van der Waals surface area contributed by atoms with Crippen LogP contribution in [-0.2, 0) is 29.1 Å². The number of aliphatic imine (C=N–C) groups is 1. The molecule has 2 aliphatic heterocycles. The molecule has 9 nitrogen and oxygen atoms in total. The molecule has 0 aromatic carbocycles. The summed E-state index contributed by atoms with van der Waals surface area (Å²) >= 11 is 0. The minimum absolute atomic E-state index is 0.262. The summed E-state index contributed by atoms with van der Waals surface area (Å²) in [5.74, 6) is 2.86. The average Bonchev–Trinajstić information content (AvgIpc) is 3.29. The van der Waals surface area contributed by atoms with E-state index in [2.05, 4.69) is 32.6 Å². The van der Waals surface area contributed by atoms with Gasteiger partial charge < -0.3 is 20.3 Å². The van der Waals surface area contributed by atoms with Crippen LogP contribution in [0.4, 0.5) is 0 Å². The van der Waals surface area contributed by atoms with E-state index in [1.807, 2.05) is 9.58 Å². The number of aryl methyl sites for hydroxylation is 1. The van der Waals surface area contributed by atoms with Gasteiger partial charge in [-0.2, -0.15) is 5.10 Å². The number of fused-ring (bicyclic) bond motifs is 1. The van der Waals surface area contributed by atoms with Crippen molar-refractivity contribution in [2.45, 2.75) is 70.7 Å². The first-order chi connectivity index (χ1) is 13.6. The molecule has 9 heteroatoms. The van der Waals surface area contributed by atoms with Crippen molar-refractivity contribution in [1.29, 1.82) is 0 Å². The Morgan fingerprint density at radius 2 is 2.29 bits per heavy atom. The molecule has 0 spiro atoms. The number of nitrogens with zero attached hydrogens (tertiary/aromatic N) is 5. The maximum atomic E-state index is 12.0. The fourth-order valence-corrected chi connectivity index (χ4v) is 4.05. The minimum Gasteiger partial charge on any atom is -0.377 e. The van der Waals surface area contributed by atoms with Crippen molar-refractivity contribution in [3.05, 3.63) is 11.6 Å². The van der Waals surface area contributed by atoms with Crippen LogP contribution in [0.2, 0.25) is 0 Å². The largest absolute Gasteiger partial charge is 0.377 e. The third-order valence-corrected chi connectivity index (χ3v) is 5.53. The van der Waals surface area contributed by atoms with E-state index in [0.29, 0.717) is 25.0 Å². The van der Waals surface area contributed by atoms with Crippen LogP contribution in [0, 0.1) is 0 Å². The molecule has 1 aromatic rings. The van der Waals surface area contributed by atoms with Crippen molar-refractivity contribution in [1.82, 2.24) is 30.3 Å². The molecule has 1 saturated heterocycles. The first kappa shape index (κ1) is 20.6. The van der Waals surface area contributed by atoms with E-state index < -0.39 is 0 Å². The molecule has 0 aliphatic carbocycles. The van der Waals surface area contributed by atoms with Crippen molar-refractivity contribution in [3.8, 4) is 0 Å². The first-order valence-corrected chi connectivity index (χ1v) is 10.3. The highest BCUT2D eigenvalue weighted by molar-refractivity contribution is 5.80. The molecule has 2 atom stereocenters. The SMILES string of the molecule is CCC(CCNC(=NC)NC1CCc2nc(COC)nn2C1)N1CCCC1=O. The van der Waals surface area contributed by atoms with Gasteiger partial charge >= 0.3 is 0 Å². The lowest BCUT2D eigenvalue weighted by Gasteiger charge is -2.28. The topological polar surface area (TPSA) is 96.7 Å². The highest BCUT2D eigenvalue weighted by Crippen LogP contribution is 2.18. The van der Waals surface area contributed by atoms with Crippen molar-refractivity contribution in [3.63, 3.8) is 0 Å². The third kappa shape index (κ3) is 5.01. The zero-order chi connectivity index (χ0) is 19.9. The van der Waals surface area contributed by atoms with E-state index in [4.69, 9.17) is 4.74 Å². The van der Waals surface area contributed by atoms with Crippen LogP contribution in [0.15, 0.2) is 4.99 Å². The van der Waals surface area contributed by atoms with Crippen LogP contribution >= 0.6 is 0 Å². The maximum absolute atomic E-state index is 12.0. The van der Waals surface area contributed by atoms with Gasteiger partial charge in [0.1, 0.15) is 12.4 Å². The molecule has 0 saturated carbocycles. The minimum atomic E-state index is 0.262. The molecule has 1 amide bonds. The Bertz CT molecular complexity index is 688. The lowest BCUT2D eigenvalue weighted by atomic mass is 10.1. The molecule has 3 heterocycles. The summed E-state index contributed by atoms with van der Waals surface area (Å²) < 4.78 is 7.09. The van der Waals surface area contributed by atoms with Gasteiger partial charge in [0.2, 0.25) is 5.91 Å². The van der Waals surface area contributed by atoms with Gasteiger partial charge in [-0.05, 0) is 25.7 Å². The number of guanidine groups is 1. The molecule has 0 bridgehead atoms. The van der Waals surface area contributed by atoms with Gasteiger partial charge in [-0.15, -0.1) is 0 Å². The second-order valence-electron chi connectivity index (χ2n) is 7.48. The molecule has 28 heavy (non-hydrogen) atoms. The number of amides is 1. The van der Waals surface area contributed by atoms with Gasteiger partial charge in [0.15, 0.2) is 11.8 Å². The Morgan fingerprint density at radius 3 is 2.96 bits per heavy atom. The molecule has 1 fully saturated rings. The number of nitrogens with one attached hydrogen (secondary N) is 2. The predicted molar refractivity (Wildman–Crippen MR) is 107 cm³/mol. The number of methoxy groups -OCH3 is 1. The number of rotatable bonds is 8. The van der Waals surface area contributed by atoms with Crippen LogP contribution in [0.3, 0.4) is 0 Å². The number of aromatic nitrogens is 3. The number of likely N-dealkylation sites (tertiary alicyclic amines) is 1. The number of carbonyl (C=O) groups is 1. The van der Waals surface area contributed by atoms with Gasteiger partial charge in [-0.3, -0.25) is 9.79 Å². The lowest BCUT2D eigenvalue weighted by molar-refractivity contribution is -0.129. The van der Waals surface area contributed by atoms with Crippen molar-refractivity contribution >= 4 is 11.9 Å². The Kier molecular flexibility index (Phi) is 7.24. The summed E-state index contributed by atoms with van der Waals surface area (Å²) in [6.45, 7) is 5.06. The van der Waals surface area contributed by atoms with Crippen LogP contribution < -0.4 is 10.6 Å². The Hall–Kier alpha value is -2.16. The van der Waals surface area contributed by atoms with Crippen molar-refractivity contribution in [2.24, 2.45) is 4.99 Å². The molecule has 156 valence electrons. The highest BCUT2D eigenvalue weighted by Gasteiger charge is 2.26. The Labute approximate surface area is 166 Å². The molecular weight excluding hydrogens is 358 g/mol. The summed E-state index contributed by atoms with van der Waals surface area (Å²) in [6, 6.07) is 0.574. The van der Waals surface area contributed by atoms with E-state index in [0.717, 1.165) is 69.3 Å². The van der Waals surface area contributed by atoms with Gasteiger partial charge in [0, 0.05) is 52.2 Å². The van der Waals surface area contributed by atoms with Crippen molar-refractivity contribution in [2.75, 3.05) is 27.2 Å². The van der Waals surface area contributed by atoms with Gasteiger partial charge in [0.25, 0.3) is 0 Å². The zero-order valence-corrected chi connectivity index (χ0v) is 17.3. The summed E-state index contributed by atoms with van der Waals surface area (Å²) in [4.78, 5) is 22.9. The quantitative estimate of drug-likeness (QED) is 0.500.